The van der Waals surface area contributed by atoms with Crippen LogP contribution in [0.4, 0.5) is 0 Å². The van der Waals surface area contributed by atoms with Gasteiger partial charge in [-0.25, -0.2) is 5.84 Å². The Morgan fingerprint density at radius 1 is 1.14 bits per heavy atom. The zero-order valence-electron chi connectivity index (χ0n) is 7.94. The van der Waals surface area contributed by atoms with Crippen molar-refractivity contribution < 1.29 is 9.59 Å². The molecular weight excluding hydrogens is 320 g/mol. The van der Waals surface area contributed by atoms with Crippen molar-refractivity contribution in [2.75, 3.05) is 0 Å². The van der Waals surface area contributed by atoms with Gasteiger partial charge in [-0.2, -0.15) is 0 Å². The van der Waals surface area contributed by atoms with Gasteiger partial charge in [-0.1, -0.05) is 0 Å². The van der Waals surface area contributed by atoms with E-state index in [0.717, 1.165) is 0 Å². The smallest absolute Gasteiger partial charge is 0.256 e. The van der Waals surface area contributed by atoms with Crippen LogP contribution in [0.2, 0.25) is 0 Å². The Hall–Kier alpha value is -0.180. The van der Waals surface area contributed by atoms with E-state index in [4.69, 9.17) is 11.6 Å². The second-order valence-electron chi connectivity index (χ2n) is 2.53. The van der Waals surface area contributed by atoms with Gasteiger partial charge in [0.2, 0.25) is 5.91 Å². The highest BCUT2D eigenvalue weighted by atomic mass is 79.9. The fourth-order valence-corrected chi connectivity index (χ4v) is 0.535. The normalized spacial score (nSPS) is 12.6. The predicted octanol–water partition coefficient (Wildman–Crippen LogP) is -1.02. The summed E-state index contributed by atoms with van der Waals surface area (Å²) in [5, 5.41) is 2.37. The molecule has 0 aromatic rings. The molecule has 0 aromatic carbocycles. The van der Waals surface area contributed by atoms with Crippen LogP contribution in [-0.2, 0) is 9.59 Å². The summed E-state index contributed by atoms with van der Waals surface area (Å²) in [6, 6.07) is -1.29. The minimum atomic E-state index is -0.659. The van der Waals surface area contributed by atoms with E-state index in [0.29, 0.717) is 0 Å². The summed E-state index contributed by atoms with van der Waals surface area (Å²) in [7, 11) is 0. The van der Waals surface area contributed by atoms with Gasteiger partial charge >= 0.3 is 0 Å². The Morgan fingerprint density at radius 3 is 1.86 bits per heavy atom. The summed E-state index contributed by atoms with van der Waals surface area (Å²) in [6.45, 7) is 3.05. The zero-order valence-corrected chi connectivity index (χ0v) is 11.4. The number of hydrogen-bond donors (Lipinski definition) is 4. The molecule has 0 aliphatic heterocycles. The summed E-state index contributed by atoms with van der Waals surface area (Å²) < 4.78 is 0. The van der Waals surface area contributed by atoms with E-state index in [1.807, 2.05) is 5.43 Å². The quantitative estimate of drug-likeness (QED) is 0.301. The molecular formula is C6H16Br2N4O2. The van der Waals surface area contributed by atoms with Crippen LogP contribution in [0.15, 0.2) is 0 Å². The van der Waals surface area contributed by atoms with E-state index in [-0.39, 0.29) is 39.9 Å². The molecule has 6 N–H and O–H groups in total. The van der Waals surface area contributed by atoms with Crippen LogP contribution < -0.4 is 22.3 Å². The number of nitrogens with one attached hydrogen (secondary N) is 2. The lowest BCUT2D eigenvalue weighted by Gasteiger charge is -2.13. The summed E-state index contributed by atoms with van der Waals surface area (Å²) >= 11 is 0. The summed E-state index contributed by atoms with van der Waals surface area (Å²) in [6.07, 6.45) is 0. The van der Waals surface area contributed by atoms with Crippen molar-refractivity contribution in [3.05, 3.63) is 0 Å². The van der Waals surface area contributed by atoms with Crippen LogP contribution in [0, 0.1) is 0 Å². The molecule has 0 saturated carbocycles. The fraction of sp³-hybridized carbons (Fsp3) is 0.667. The van der Waals surface area contributed by atoms with Gasteiger partial charge in [0, 0.05) is 0 Å². The molecule has 0 radical (unpaired) electrons. The molecule has 0 rings (SSSR count). The lowest BCUT2D eigenvalue weighted by molar-refractivity contribution is -0.129. The molecule has 0 bridgehead atoms. The third-order valence-corrected chi connectivity index (χ3v) is 1.31. The van der Waals surface area contributed by atoms with Crippen LogP contribution in [0.5, 0.6) is 0 Å². The van der Waals surface area contributed by atoms with Gasteiger partial charge in [-0.15, -0.1) is 34.0 Å². The van der Waals surface area contributed by atoms with Crippen LogP contribution in [0.3, 0.4) is 0 Å². The molecule has 86 valence electrons. The molecule has 0 spiro atoms. The highest BCUT2D eigenvalue weighted by Gasteiger charge is 2.15. The van der Waals surface area contributed by atoms with Gasteiger partial charge in [0.25, 0.3) is 5.91 Å². The molecule has 0 saturated heterocycles. The number of amides is 2. The van der Waals surface area contributed by atoms with E-state index in [9.17, 15) is 9.59 Å². The third-order valence-electron chi connectivity index (χ3n) is 1.31. The standard InChI is InChI=1S/C6H14N4O2.2BrH/c1-3(7)5(11)9-4(2)6(12)10-8;;/h3-4H,7-8H2,1-2H3,(H,9,11)(H,10,12);2*1H/t3-,4-;;/m0../s1. The summed E-state index contributed by atoms with van der Waals surface area (Å²) in [4.78, 5) is 21.7. The average Bonchev–Trinajstić information content (AvgIpc) is 2.02. The van der Waals surface area contributed by atoms with Crippen molar-refractivity contribution in [3.63, 3.8) is 0 Å². The Balaban J connectivity index is -0.000000605. The van der Waals surface area contributed by atoms with Crippen molar-refractivity contribution in [1.29, 1.82) is 0 Å². The number of hydrogen-bond acceptors (Lipinski definition) is 4. The van der Waals surface area contributed by atoms with E-state index >= 15 is 0 Å². The van der Waals surface area contributed by atoms with Gasteiger partial charge in [0.1, 0.15) is 6.04 Å². The first-order valence-electron chi connectivity index (χ1n) is 3.55. The van der Waals surface area contributed by atoms with Crippen molar-refractivity contribution in [2.24, 2.45) is 11.6 Å². The van der Waals surface area contributed by atoms with Crippen LogP contribution in [0.25, 0.3) is 0 Å². The number of carbonyl (C=O) groups is 2. The van der Waals surface area contributed by atoms with Gasteiger partial charge in [0.15, 0.2) is 0 Å². The Morgan fingerprint density at radius 2 is 1.57 bits per heavy atom. The molecule has 0 unspecified atom stereocenters. The number of hydrazine groups is 1. The largest absolute Gasteiger partial charge is 0.343 e. The first-order chi connectivity index (χ1) is 5.49. The number of rotatable bonds is 3. The van der Waals surface area contributed by atoms with E-state index < -0.39 is 18.0 Å². The number of carbonyl (C=O) groups excluding carboxylic acids is 2. The molecule has 6 nitrogen and oxygen atoms in total. The molecule has 0 aliphatic carbocycles. The average molecular weight is 336 g/mol. The van der Waals surface area contributed by atoms with Crippen molar-refractivity contribution in [2.45, 2.75) is 25.9 Å². The molecule has 2 amide bonds. The minimum absolute atomic E-state index is 0. The molecule has 0 aliphatic rings. The fourth-order valence-electron chi connectivity index (χ4n) is 0.535. The maximum atomic E-state index is 10.9. The zero-order chi connectivity index (χ0) is 9.72. The molecule has 0 aromatic heterocycles. The van der Waals surface area contributed by atoms with Crippen molar-refractivity contribution >= 4 is 45.8 Å². The summed E-state index contributed by atoms with van der Waals surface area (Å²) in [5.74, 6) is 4.00. The van der Waals surface area contributed by atoms with Crippen LogP contribution in [-0.4, -0.2) is 23.9 Å². The third kappa shape index (κ3) is 7.25. The van der Waals surface area contributed by atoms with Gasteiger partial charge < -0.3 is 11.1 Å². The van der Waals surface area contributed by atoms with Crippen LogP contribution in [0.1, 0.15) is 13.8 Å². The summed E-state index contributed by atoms with van der Waals surface area (Å²) in [5.41, 5.74) is 7.17. The Bertz CT molecular complexity index is 189. The van der Waals surface area contributed by atoms with E-state index in [1.54, 1.807) is 0 Å². The number of nitrogens with two attached hydrogens (primary N) is 2. The maximum Gasteiger partial charge on any atom is 0.256 e. The highest BCUT2D eigenvalue weighted by molar-refractivity contribution is 8.93. The Labute approximate surface area is 104 Å². The van der Waals surface area contributed by atoms with E-state index in [1.165, 1.54) is 13.8 Å². The molecule has 0 heterocycles. The highest BCUT2D eigenvalue weighted by Crippen LogP contribution is 1.82. The first kappa shape index (κ1) is 19.4. The van der Waals surface area contributed by atoms with Gasteiger partial charge in [-0.05, 0) is 13.8 Å². The van der Waals surface area contributed by atoms with Gasteiger partial charge in [-0.3, -0.25) is 15.0 Å². The molecule has 0 fully saturated rings. The molecule has 14 heavy (non-hydrogen) atoms. The monoisotopic (exact) mass is 334 g/mol. The second-order valence-corrected chi connectivity index (χ2v) is 2.53. The van der Waals surface area contributed by atoms with Gasteiger partial charge in [0.05, 0.1) is 6.04 Å². The first-order valence-corrected chi connectivity index (χ1v) is 3.55. The number of halogens is 2. The molecule has 8 heteroatoms. The topological polar surface area (TPSA) is 110 Å². The van der Waals surface area contributed by atoms with E-state index in [2.05, 4.69) is 5.32 Å². The lowest BCUT2D eigenvalue weighted by Crippen LogP contribution is -2.50. The van der Waals surface area contributed by atoms with Crippen molar-refractivity contribution in [1.82, 2.24) is 10.7 Å². The second kappa shape index (κ2) is 9.38. The SMILES string of the molecule is Br.Br.C[C@H](N)C(=O)N[C@@H](C)C(=O)NN. The lowest BCUT2D eigenvalue weighted by atomic mass is 10.2. The Kier molecular flexibility index (Phi) is 13.0. The maximum absolute atomic E-state index is 10.9. The molecule has 2 atom stereocenters. The van der Waals surface area contributed by atoms with Crippen molar-refractivity contribution in [3.8, 4) is 0 Å². The van der Waals surface area contributed by atoms with Crippen LogP contribution >= 0.6 is 34.0 Å². The predicted molar refractivity (Wildman–Crippen MR) is 64.2 cm³/mol. The minimum Gasteiger partial charge on any atom is -0.343 e.